The van der Waals surface area contributed by atoms with Gasteiger partial charge in [0, 0.05) is 18.1 Å². The fourth-order valence-electron chi connectivity index (χ4n) is 2.30. The second-order valence-electron chi connectivity index (χ2n) is 5.15. The molecule has 114 valence electrons. The van der Waals surface area contributed by atoms with E-state index in [1.54, 1.807) is 0 Å². The maximum absolute atomic E-state index is 11.1. The Labute approximate surface area is 131 Å². The van der Waals surface area contributed by atoms with Gasteiger partial charge in [0.25, 0.3) is 0 Å². The Hall–Kier alpha value is -2.42. The van der Waals surface area contributed by atoms with Crippen LogP contribution in [0.4, 0.5) is 0 Å². The van der Waals surface area contributed by atoms with Crippen molar-refractivity contribution in [2.45, 2.75) is 33.1 Å². The van der Waals surface area contributed by atoms with Crippen molar-refractivity contribution in [3.63, 3.8) is 0 Å². The summed E-state index contributed by atoms with van der Waals surface area (Å²) in [6.45, 7) is 3.53. The molecule has 3 heteroatoms. The van der Waals surface area contributed by atoms with Crippen LogP contribution in [0.3, 0.4) is 0 Å². The van der Waals surface area contributed by atoms with Crippen LogP contribution in [0.1, 0.15) is 43.4 Å². The van der Waals surface area contributed by atoms with E-state index < -0.39 is 5.97 Å². The molecule has 2 aromatic rings. The summed E-state index contributed by atoms with van der Waals surface area (Å²) in [5.41, 5.74) is 3.87. The van der Waals surface area contributed by atoms with Crippen molar-refractivity contribution in [1.29, 1.82) is 0 Å². The van der Waals surface area contributed by atoms with E-state index in [1.165, 1.54) is 12.5 Å². The maximum Gasteiger partial charge on any atom is 0.332 e. The van der Waals surface area contributed by atoms with Gasteiger partial charge in [-0.15, -0.1) is 0 Å². The van der Waals surface area contributed by atoms with Crippen LogP contribution < -0.4 is 0 Å². The molecule has 3 nitrogen and oxygen atoms in total. The summed E-state index contributed by atoms with van der Waals surface area (Å²) in [6, 6.07) is 18.0. The lowest BCUT2D eigenvalue weighted by molar-refractivity contribution is -0.140. The Morgan fingerprint density at radius 2 is 1.73 bits per heavy atom. The van der Waals surface area contributed by atoms with E-state index in [2.05, 4.69) is 18.1 Å². The van der Waals surface area contributed by atoms with Gasteiger partial charge in [-0.3, -0.25) is 0 Å². The number of carbonyl (C=O) groups is 1. The summed E-state index contributed by atoms with van der Waals surface area (Å²) < 4.78 is 0. The third-order valence-corrected chi connectivity index (χ3v) is 3.38. The average molecular weight is 295 g/mol. The molecule has 0 radical (unpaired) electrons. The molecule has 0 N–H and O–H groups in total. The molecule has 0 aromatic heterocycles. The first-order valence-electron chi connectivity index (χ1n) is 7.61. The molecule has 0 aliphatic heterocycles. The normalized spacial score (nSPS) is 11.3. The van der Waals surface area contributed by atoms with E-state index in [0.29, 0.717) is 5.71 Å². The highest BCUT2D eigenvalue weighted by atomic mass is 16.7. The van der Waals surface area contributed by atoms with Crippen molar-refractivity contribution >= 4 is 11.7 Å². The van der Waals surface area contributed by atoms with Gasteiger partial charge in [0.1, 0.15) is 5.71 Å². The zero-order chi connectivity index (χ0) is 15.8. The van der Waals surface area contributed by atoms with Gasteiger partial charge in [-0.2, -0.15) is 0 Å². The Morgan fingerprint density at radius 1 is 1.05 bits per heavy atom. The zero-order valence-electron chi connectivity index (χ0n) is 13.1. The smallest absolute Gasteiger partial charge is 0.318 e. The molecule has 0 heterocycles. The van der Waals surface area contributed by atoms with E-state index in [-0.39, 0.29) is 0 Å². The largest absolute Gasteiger partial charge is 0.332 e. The number of unbranched alkanes of at least 4 members (excludes halogenated alkanes) is 1. The molecule has 2 aromatic carbocycles. The van der Waals surface area contributed by atoms with Crippen molar-refractivity contribution in [3.05, 3.63) is 71.3 Å². The van der Waals surface area contributed by atoms with Gasteiger partial charge >= 0.3 is 5.97 Å². The van der Waals surface area contributed by atoms with Gasteiger partial charge in [-0.1, -0.05) is 73.1 Å². The van der Waals surface area contributed by atoms with Gasteiger partial charge in [-0.05, 0) is 18.4 Å². The molecule has 0 saturated carbocycles. The molecule has 22 heavy (non-hydrogen) atoms. The second kappa shape index (κ2) is 8.13. The Bertz CT molecular complexity index is 647. The Balaban J connectivity index is 2.46. The fourth-order valence-corrected chi connectivity index (χ4v) is 2.30. The van der Waals surface area contributed by atoms with Gasteiger partial charge in [-0.25, -0.2) is 4.79 Å². The first-order valence-corrected chi connectivity index (χ1v) is 7.61. The van der Waals surface area contributed by atoms with Crippen molar-refractivity contribution in [2.75, 3.05) is 0 Å². The van der Waals surface area contributed by atoms with Crippen LogP contribution in [0.25, 0.3) is 0 Å². The van der Waals surface area contributed by atoms with Gasteiger partial charge in [0.2, 0.25) is 0 Å². The molecular formula is C19H21NO2. The van der Waals surface area contributed by atoms with Gasteiger partial charge < -0.3 is 4.84 Å². The van der Waals surface area contributed by atoms with E-state index in [9.17, 15) is 4.79 Å². The van der Waals surface area contributed by atoms with Crippen LogP contribution in [-0.2, 0) is 16.1 Å². The van der Waals surface area contributed by atoms with E-state index >= 15 is 0 Å². The molecule has 0 unspecified atom stereocenters. The maximum atomic E-state index is 11.1. The number of nitrogens with zero attached hydrogens (tertiary/aromatic N) is 1. The minimum atomic E-state index is -0.417. The van der Waals surface area contributed by atoms with Crippen LogP contribution >= 0.6 is 0 Å². The summed E-state index contributed by atoms with van der Waals surface area (Å²) in [7, 11) is 0. The highest BCUT2D eigenvalue weighted by Crippen LogP contribution is 2.18. The first-order chi connectivity index (χ1) is 10.7. The summed E-state index contributed by atoms with van der Waals surface area (Å²) in [5.74, 6) is -0.417. The highest BCUT2D eigenvalue weighted by Gasteiger charge is 2.12. The molecule has 0 aliphatic rings. The Morgan fingerprint density at radius 3 is 2.41 bits per heavy atom. The lowest BCUT2D eigenvalue weighted by atomic mass is 9.95. The standard InChI is InChI=1S/C19H21NO2/c1-3-4-10-16-11-8-9-14-18(16)19(20-22-15(2)21)17-12-6-5-7-13-17/h5-9,11-14H,3-4,10H2,1-2H3/b20-19+. The summed E-state index contributed by atoms with van der Waals surface area (Å²) >= 11 is 0. The molecule has 0 bridgehead atoms. The van der Waals surface area contributed by atoms with Crippen molar-refractivity contribution in [2.24, 2.45) is 5.16 Å². The second-order valence-corrected chi connectivity index (χ2v) is 5.15. The molecule has 0 atom stereocenters. The zero-order valence-corrected chi connectivity index (χ0v) is 13.1. The number of carbonyl (C=O) groups excluding carboxylic acids is 1. The monoisotopic (exact) mass is 295 g/mol. The Kier molecular flexibility index (Phi) is 5.90. The SMILES string of the molecule is CCCCc1ccccc1/C(=N/OC(C)=O)c1ccccc1. The van der Waals surface area contributed by atoms with Crippen molar-refractivity contribution < 1.29 is 9.63 Å². The van der Waals surface area contributed by atoms with E-state index in [0.717, 1.165) is 30.4 Å². The lowest BCUT2D eigenvalue weighted by Crippen LogP contribution is -2.09. The van der Waals surface area contributed by atoms with Crippen LogP contribution in [0, 0.1) is 0 Å². The molecule has 2 rings (SSSR count). The van der Waals surface area contributed by atoms with E-state index in [1.807, 2.05) is 48.5 Å². The summed E-state index contributed by atoms with van der Waals surface area (Å²) in [6.07, 6.45) is 3.24. The van der Waals surface area contributed by atoms with Gasteiger partial charge in [0.05, 0.1) is 0 Å². The van der Waals surface area contributed by atoms with E-state index in [4.69, 9.17) is 4.84 Å². The van der Waals surface area contributed by atoms with Crippen LogP contribution in [0.5, 0.6) is 0 Å². The third kappa shape index (κ3) is 4.29. The number of hydrogen-bond acceptors (Lipinski definition) is 3. The summed E-state index contributed by atoms with van der Waals surface area (Å²) in [5, 5.41) is 4.10. The van der Waals surface area contributed by atoms with Crippen LogP contribution in [0.2, 0.25) is 0 Å². The predicted molar refractivity (Wildman–Crippen MR) is 88.9 cm³/mol. The van der Waals surface area contributed by atoms with Crippen molar-refractivity contribution in [1.82, 2.24) is 0 Å². The number of hydrogen-bond donors (Lipinski definition) is 0. The molecule has 0 fully saturated rings. The highest BCUT2D eigenvalue weighted by molar-refractivity contribution is 6.13. The number of aryl methyl sites for hydroxylation is 1. The molecule has 0 aliphatic carbocycles. The predicted octanol–water partition coefficient (Wildman–Crippen LogP) is 4.34. The van der Waals surface area contributed by atoms with Crippen LogP contribution in [-0.4, -0.2) is 11.7 Å². The third-order valence-electron chi connectivity index (χ3n) is 3.38. The number of benzene rings is 2. The topological polar surface area (TPSA) is 38.7 Å². The minimum absolute atomic E-state index is 0.417. The average Bonchev–Trinajstić information content (AvgIpc) is 2.55. The molecule has 0 spiro atoms. The quantitative estimate of drug-likeness (QED) is 0.451. The van der Waals surface area contributed by atoms with Crippen LogP contribution in [0.15, 0.2) is 59.8 Å². The summed E-state index contributed by atoms with van der Waals surface area (Å²) in [4.78, 5) is 16.1. The lowest BCUT2D eigenvalue weighted by Gasteiger charge is -2.11. The number of rotatable bonds is 6. The fraction of sp³-hybridized carbons (Fsp3) is 0.263. The molecule has 0 saturated heterocycles. The molecular weight excluding hydrogens is 274 g/mol. The van der Waals surface area contributed by atoms with Crippen molar-refractivity contribution in [3.8, 4) is 0 Å². The first kappa shape index (κ1) is 16.0. The minimum Gasteiger partial charge on any atom is -0.318 e. The molecule has 0 amide bonds. The van der Waals surface area contributed by atoms with Gasteiger partial charge in [0.15, 0.2) is 0 Å². The number of oxime groups is 1.